The van der Waals surface area contributed by atoms with Gasteiger partial charge in [-0.15, -0.1) is 0 Å². The van der Waals surface area contributed by atoms with Crippen LogP contribution in [0, 0.1) is 6.92 Å². The molecule has 0 radical (unpaired) electrons. The lowest BCUT2D eigenvalue weighted by Crippen LogP contribution is -2.40. The molecule has 4 aromatic rings. The molecule has 0 fully saturated rings. The van der Waals surface area contributed by atoms with Crippen molar-refractivity contribution in [3.05, 3.63) is 100 Å². The zero-order valence-corrected chi connectivity index (χ0v) is 18.0. The third-order valence-electron chi connectivity index (χ3n) is 5.77. The minimum absolute atomic E-state index is 0.320. The molecule has 0 bridgehead atoms. The van der Waals surface area contributed by atoms with Crippen molar-refractivity contribution in [1.82, 2.24) is 9.29 Å². The van der Waals surface area contributed by atoms with E-state index in [1.165, 1.54) is 5.56 Å². The number of sulfonamides is 1. The molecule has 1 aliphatic rings. The zero-order chi connectivity index (χ0) is 20.9. The van der Waals surface area contributed by atoms with E-state index in [-0.39, 0.29) is 0 Å². The molecule has 0 unspecified atom stereocenters. The van der Waals surface area contributed by atoms with Gasteiger partial charge in [-0.25, -0.2) is 8.42 Å². The van der Waals surface area contributed by atoms with Crippen molar-refractivity contribution in [3.63, 3.8) is 0 Å². The maximum atomic E-state index is 13.7. The minimum atomic E-state index is -3.69. The van der Waals surface area contributed by atoms with Crippen LogP contribution in [0.1, 0.15) is 28.4 Å². The molecule has 30 heavy (non-hydrogen) atoms. The lowest BCUT2D eigenvalue weighted by Gasteiger charge is -2.35. The smallest absolute Gasteiger partial charge is 0.244 e. The van der Waals surface area contributed by atoms with Gasteiger partial charge in [-0.2, -0.15) is 4.31 Å². The fourth-order valence-corrected chi connectivity index (χ4v) is 6.19. The predicted octanol–water partition coefficient (Wildman–Crippen LogP) is 5.47. The summed E-state index contributed by atoms with van der Waals surface area (Å²) in [6, 6.07) is 22.2. The van der Waals surface area contributed by atoms with Crippen LogP contribution >= 0.6 is 11.6 Å². The summed E-state index contributed by atoms with van der Waals surface area (Å²) in [6.45, 7) is 2.32. The summed E-state index contributed by atoms with van der Waals surface area (Å²) in [5.74, 6) is 0. The number of nitrogens with one attached hydrogen (secondary N) is 1. The van der Waals surface area contributed by atoms with Gasteiger partial charge in [-0.1, -0.05) is 54.1 Å². The second-order valence-corrected chi connectivity index (χ2v) is 10.0. The number of fused-ring (bicyclic) bond motifs is 3. The Morgan fingerprint density at radius 3 is 2.53 bits per heavy atom. The van der Waals surface area contributed by atoms with Gasteiger partial charge in [0.2, 0.25) is 10.0 Å². The standard InChI is InChI=1S/C24H21ClN2O2S/c1-16-5-4-6-19(15-16)30(28,29)27-14-13-21-20-7-2-3-8-22(20)26-23(21)24(27)17-9-11-18(25)12-10-17/h2-12,15,24,26H,13-14H2,1H3/t24-/m1/s1. The summed E-state index contributed by atoms with van der Waals surface area (Å²) >= 11 is 6.11. The lowest BCUT2D eigenvalue weighted by molar-refractivity contribution is 0.340. The molecule has 152 valence electrons. The molecule has 2 heterocycles. The van der Waals surface area contributed by atoms with E-state index in [0.29, 0.717) is 22.9 Å². The van der Waals surface area contributed by atoms with Crippen molar-refractivity contribution in [2.45, 2.75) is 24.3 Å². The predicted molar refractivity (Wildman–Crippen MR) is 120 cm³/mol. The first-order valence-electron chi connectivity index (χ1n) is 9.88. The van der Waals surface area contributed by atoms with Gasteiger partial charge in [0, 0.05) is 28.2 Å². The van der Waals surface area contributed by atoms with E-state index in [1.807, 2.05) is 55.5 Å². The quantitative estimate of drug-likeness (QED) is 0.463. The Labute approximate surface area is 181 Å². The number of benzene rings is 3. The van der Waals surface area contributed by atoms with Gasteiger partial charge in [0.15, 0.2) is 0 Å². The Kier molecular flexibility index (Phi) is 4.69. The lowest BCUT2D eigenvalue weighted by atomic mass is 9.94. The number of rotatable bonds is 3. The Balaban J connectivity index is 1.72. The molecule has 0 aliphatic carbocycles. The monoisotopic (exact) mass is 436 g/mol. The third-order valence-corrected chi connectivity index (χ3v) is 7.88. The van der Waals surface area contributed by atoms with Crippen LogP contribution in [0.3, 0.4) is 0 Å². The van der Waals surface area contributed by atoms with Crippen LogP contribution in [0.4, 0.5) is 0 Å². The van der Waals surface area contributed by atoms with Crippen molar-refractivity contribution in [2.75, 3.05) is 6.54 Å². The summed E-state index contributed by atoms with van der Waals surface area (Å²) in [4.78, 5) is 3.83. The van der Waals surface area contributed by atoms with Crippen LogP contribution in [0.2, 0.25) is 5.02 Å². The number of H-pyrrole nitrogens is 1. The largest absolute Gasteiger partial charge is 0.357 e. The number of aromatic amines is 1. The van der Waals surface area contributed by atoms with Crippen molar-refractivity contribution in [2.24, 2.45) is 0 Å². The van der Waals surface area contributed by atoms with Gasteiger partial charge >= 0.3 is 0 Å². The van der Waals surface area contributed by atoms with Crippen LogP contribution in [0.5, 0.6) is 0 Å². The molecule has 1 aromatic heterocycles. The second-order valence-electron chi connectivity index (χ2n) is 7.70. The van der Waals surface area contributed by atoms with E-state index in [0.717, 1.165) is 27.7 Å². The number of nitrogens with zero attached hydrogens (tertiary/aromatic N) is 1. The normalized spacial score (nSPS) is 17.2. The van der Waals surface area contributed by atoms with Gasteiger partial charge in [0.25, 0.3) is 0 Å². The Morgan fingerprint density at radius 2 is 1.77 bits per heavy atom. The zero-order valence-electron chi connectivity index (χ0n) is 16.5. The molecule has 0 saturated heterocycles. The van der Waals surface area contributed by atoms with Crippen LogP contribution in [-0.2, 0) is 16.4 Å². The molecular formula is C24H21ClN2O2S. The molecular weight excluding hydrogens is 416 g/mol. The van der Waals surface area contributed by atoms with Crippen LogP contribution in [0.25, 0.3) is 10.9 Å². The van der Waals surface area contributed by atoms with Crippen LogP contribution in [-0.4, -0.2) is 24.3 Å². The van der Waals surface area contributed by atoms with Gasteiger partial charge < -0.3 is 4.98 Å². The fourth-order valence-electron chi connectivity index (χ4n) is 4.37. The molecule has 0 amide bonds. The molecule has 1 atom stereocenters. The molecule has 4 nitrogen and oxygen atoms in total. The third kappa shape index (κ3) is 3.14. The molecule has 1 N–H and O–H groups in total. The van der Waals surface area contributed by atoms with Gasteiger partial charge in [0.05, 0.1) is 10.9 Å². The number of para-hydroxylation sites is 1. The Morgan fingerprint density at radius 1 is 1.00 bits per heavy atom. The van der Waals surface area contributed by atoms with E-state index < -0.39 is 16.1 Å². The molecule has 1 aliphatic heterocycles. The first kappa shape index (κ1) is 19.4. The number of hydrogen-bond donors (Lipinski definition) is 1. The fraction of sp³-hybridized carbons (Fsp3) is 0.167. The molecule has 6 heteroatoms. The summed E-state index contributed by atoms with van der Waals surface area (Å²) < 4.78 is 29.0. The summed E-state index contributed by atoms with van der Waals surface area (Å²) in [7, 11) is -3.69. The van der Waals surface area contributed by atoms with E-state index in [2.05, 4.69) is 11.1 Å². The number of halogens is 1. The van der Waals surface area contributed by atoms with Crippen molar-refractivity contribution >= 4 is 32.5 Å². The topological polar surface area (TPSA) is 53.2 Å². The van der Waals surface area contributed by atoms with Crippen LogP contribution < -0.4 is 0 Å². The van der Waals surface area contributed by atoms with Gasteiger partial charge in [-0.3, -0.25) is 0 Å². The number of aryl methyl sites for hydroxylation is 1. The SMILES string of the molecule is Cc1cccc(S(=O)(=O)N2CCc3c([nH]c4ccccc34)[C@H]2c2ccc(Cl)cc2)c1. The molecule has 0 saturated carbocycles. The van der Waals surface area contributed by atoms with Crippen molar-refractivity contribution in [3.8, 4) is 0 Å². The van der Waals surface area contributed by atoms with Gasteiger partial charge in [-0.05, 0) is 60.4 Å². The van der Waals surface area contributed by atoms with E-state index in [1.54, 1.807) is 22.5 Å². The number of aromatic nitrogens is 1. The second kappa shape index (κ2) is 7.27. The molecule has 3 aromatic carbocycles. The highest BCUT2D eigenvalue weighted by Crippen LogP contribution is 2.41. The van der Waals surface area contributed by atoms with Crippen molar-refractivity contribution < 1.29 is 8.42 Å². The number of hydrogen-bond acceptors (Lipinski definition) is 2. The van der Waals surface area contributed by atoms with E-state index in [9.17, 15) is 8.42 Å². The first-order chi connectivity index (χ1) is 14.4. The van der Waals surface area contributed by atoms with Crippen molar-refractivity contribution in [1.29, 1.82) is 0 Å². The average Bonchev–Trinajstić information content (AvgIpc) is 3.12. The average molecular weight is 437 g/mol. The molecule has 5 rings (SSSR count). The highest BCUT2D eigenvalue weighted by atomic mass is 35.5. The summed E-state index contributed by atoms with van der Waals surface area (Å²) in [5, 5.41) is 1.78. The maximum absolute atomic E-state index is 13.7. The Hall–Kier alpha value is -2.60. The highest BCUT2D eigenvalue weighted by Gasteiger charge is 2.39. The van der Waals surface area contributed by atoms with Crippen LogP contribution in [0.15, 0.2) is 77.7 Å². The maximum Gasteiger partial charge on any atom is 0.244 e. The minimum Gasteiger partial charge on any atom is -0.357 e. The van der Waals surface area contributed by atoms with Gasteiger partial charge in [0.1, 0.15) is 0 Å². The summed E-state index contributed by atoms with van der Waals surface area (Å²) in [5.41, 5.74) is 4.95. The molecule has 0 spiro atoms. The highest BCUT2D eigenvalue weighted by molar-refractivity contribution is 7.89. The summed E-state index contributed by atoms with van der Waals surface area (Å²) in [6.07, 6.45) is 0.661. The van der Waals surface area contributed by atoms with E-state index >= 15 is 0 Å². The first-order valence-corrected chi connectivity index (χ1v) is 11.7. The van der Waals surface area contributed by atoms with E-state index in [4.69, 9.17) is 11.6 Å². The Bertz CT molecular complexity index is 1340.